The molecule has 1 aromatic carbocycles. The fourth-order valence-corrected chi connectivity index (χ4v) is 4.65. The van der Waals surface area contributed by atoms with Crippen LogP contribution in [0.5, 0.6) is 0 Å². The maximum Gasteiger partial charge on any atom is 0.160 e. The fraction of sp³-hybridized carbons (Fsp3) is 0.320. The first-order valence-corrected chi connectivity index (χ1v) is 10.9. The van der Waals surface area contributed by atoms with E-state index in [1.54, 1.807) is 13.8 Å². The summed E-state index contributed by atoms with van der Waals surface area (Å²) in [4.78, 5) is 13.0. The second-order valence-electron chi connectivity index (χ2n) is 8.94. The summed E-state index contributed by atoms with van der Waals surface area (Å²) >= 11 is 0. The zero-order valence-corrected chi connectivity index (χ0v) is 18.2. The highest BCUT2D eigenvalue weighted by Gasteiger charge is 2.38. The van der Waals surface area contributed by atoms with Gasteiger partial charge in [-0.05, 0) is 56.4 Å². The maximum absolute atomic E-state index is 10.3. The van der Waals surface area contributed by atoms with Crippen molar-refractivity contribution in [3.63, 3.8) is 0 Å². The van der Waals surface area contributed by atoms with Crippen molar-refractivity contribution in [3.8, 4) is 0 Å². The molecule has 0 aliphatic heterocycles. The lowest BCUT2D eigenvalue weighted by Crippen LogP contribution is -2.33. The number of ether oxygens (including phenoxy) is 1. The molecule has 3 atom stereocenters. The summed E-state index contributed by atoms with van der Waals surface area (Å²) < 4.78 is 8.18. The molecule has 1 fully saturated rings. The Labute approximate surface area is 186 Å². The second-order valence-corrected chi connectivity index (χ2v) is 8.94. The van der Waals surface area contributed by atoms with Gasteiger partial charge < -0.3 is 20.1 Å². The van der Waals surface area contributed by atoms with Crippen LogP contribution >= 0.6 is 0 Å². The van der Waals surface area contributed by atoms with Crippen molar-refractivity contribution >= 4 is 33.8 Å². The predicted octanol–water partition coefficient (Wildman–Crippen LogP) is 4.34. The summed E-state index contributed by atoms with van der Waals surface area (Å²) in [5.41, 5.74) is 8.92. The molecular weight excluding hydrogens is 402 g/mol. The summed E-state index contributed by atoms with van der Waals surface area (Å²) in [5, 5.41) is 12.3. The Morgan fingerprint density at radius 1 is 1.16 bits per heavy atom. The van der Waals surface area contributed by atoms with Gasteiger partial charge in [-0.25, -0.2) is 9.97 Å². The number of allylic oxidation sites excluding steroid dienone is 1. The molecule has 0 unspecified atom stereocenters. The standard InChI is InChI=1S/C25H27N5O2/c1-25(2,31)32-22-14-17(6-5-16-7-8-18-4-3-10-27-20(18)12-16)13-21(22)30-11-9-19-23(26)28-15-29-24(19)30/h3-12,15,17,21-22,31H,13-14H2,1-2H3,(H2,26,28,29)/b6-5+/t17-,21+,22+/m0/s1. The van der Waals surface area contributed by atoms with E-state index in [1.807, 2.05) is 24.5 Å². The van der Waals surface area contributed by atoms with E-state index in [9.17, 15) is 5.11 Å². The molecule has 0 saturated heterocycles. The SMILES string of the molecule is CC(C)(O)O[C@@H]1C[C@@H](/C=C/c2ccc3cccnc3c2)C[C@H]1n1ccc2c(N)ncnc21. The van der Waals surface area contributed by atoms with Gasteiger partial charge >= 0.3 is 0 Å². The lowest BCUT2D eigenvalue weighted by Gasteiger charge is -2.28. The molecule has 0 amide bonds. The zero-order valence-electron chi connectivity index (χ0n) is 18.2. The van der Waals surface area contributed by atoms with Gasteiger partial charge in [0.1, 0.15) is 17.8 Å². The van der Waals surface area contributed by atoms with Crippen molar-refractivity contribution in [1.29, 1.82) is 0 Å². The molecule has 3 heterocycles. The van der Waals surface area contributed by atoms with E-state index in [0.717, 1.165) is 40.3 Å². The molecule has 7 heteroatoms. The summed E-state index contributed by atoms with van der Waals surface area (Å²) in [6.07, 6.45) is 11.2. The fourth-order valence-electron chi connectivity index (χ4n) is 4.65. The van der Waals surface area contributed by atoms with E-state index >= 15 is 0 Å². The molecule has 0 bridgehead atoms. The van der Waals surface area contributed by atoms with Gasteiger partial charge in [0.2, 0.25) is 0 Å². The third kappa shape index (κ3) is 4.09. The number of nitrogens with zero attached hydrogens (tertiary/aromatic N) is 4. The van der Waals surface area contributed by atoms with Gasteiger partial charge in [0, 0.05) is 17.8 Å². The van der Waals surface area contributed by atoms with Crippen LogP contribution < -0.4 is 5.73 Å². The minimum absolute atomic E-state index is 0.0288. The molecule has 1 aliphatic rings. The molecule has 4 aromatic rings. The first kappa shape index (κ1) is 20.6. The van der Waals surface area contributed by atoms with Crippen molar-refractivity contribution in [3.05, 3.63) is 66.8 Å². The Morgan fingerprint density at radius 3 is 2.88 bits per heavy atom. The highest BCUT2D eigenvalue weighted by atomic mass is 16.6. The van der Waals surface area contributed by atoms with E-state index in [0.29, 0.717) is 11.7 Å². The lowest BCUT2D eigenvalue weighted by atomic mass is 10.0. The van der Waals surface area contributed by atoms with Gasteiger partial charge in [0.15, 0.2) is 5.79 Å². The Balaban J connectivity index is 1.43. The molecule has 1 aliphatic carbocycles. The topological polar surface area (TPSA) is 99.1 Å². The Kier molecular flexibility index (Phi) is 5.15. The third-order valence-electron chi connectivity index (χ3n) is 6.04. The van der Waals surface area contributed by atoms with E-state index in [4.69, 9.17) is 10.5 Å². The molecule has 7 nitrogen and oxygen atoms in total. The van der Waals surface area contributed by atoms with Crippen LogP contribution in [0.4, 0.5) is 5.82 Å². The molecule has 32 heavy (non-hydrogen) atoms. The van der Waals surface area contributed by atoms with Crippen LogP contribution in [0, 0.1) is 5.92 Å². The summed E-state index contributed by atoms with van der Waals surface area (Å²) in [5.74, 6) is -0.459. The van der Waals surface area contributed by atoms with E-state index in [1.165, 1.54) is 6.33 Å². The number of hydrogen-bond donors (Lipinski definition) is 2. The molecule has 0 radical (unpaired) electrons. The third-order valence-corrected chi connectivity index (χ3v) is 6.04. The molecule has 0 spiro atoms. The Bertz CT molecular complexity index is 1290. The molecule has 3 aromatic heterocycles. The average molecular weight is 430 g/mol. The first-order valence-electron chi connectivity index (χ1n) is 10.9. The van der Waals surface area contributed by atoms with Crippen LogP contribution in [0.3, 0.4) is 0 Å². The predicted molar refractivity (Wildman–Crippen MR) is 126 cm³/mol. The maximum atomic E-state index is 10.3. The van der Waals surface area contributed by atoms with Crippen LogP contribution in [0.1, 0.15) is 38.3 Å². The Hall–Kier alpha value is -3.29. The minimum atomic E-state index is -1.22. The monoisotopic (exact) mass is 429 g/mol. The van der Waals surface area contributed by atoms with Crippen molar-refractivity contribution in [2.45, 2.75) is 44.6 Å². The average Bonchev–Trinajstić information content (AvgIpc) is 3.35. The van der Waals surface area contributed by atoms with Gasteiger partial charge in [-0.3, -0.25) is 4.98 Å². The van der Waals surface area contributed by atoms with Crippen LogP contribution in [0.25, 0.3) is 28.0 Å². The molecule has 3 N–H and O–H groups in total. The normalized spacial score (nSPS) is 21.8. The molecular formula is C25H27N5O2. The number of hydrogen-bond acceptors (Lipinski definition) is 6. The van der Waals surface area contributed by atoms with Gasteiger partial charge in [0.05, 0.1) is 23.0 Å². The summed E-state index contributed by atoms with van der Waals surface area (Å²) in [7, 11) is 0. The largest absolute Gasteiger partial charge is 0.383 e. The van der Waals surface area contributed by atoms with Gasteiger partial charge in [-0.1, -0.05) is 30.4 Å². The molecule has 164 valence electrons. The number of fused-ring (bicyclic) bond motifs is 2. The zero-order chi connectivity index (χ0) is 22.3. The summed E-state index contributed by atoms with van der Waals surface area (Å²) in [6, 6.07) is 12.3. The molecule has 1 saturated carbocycles. The van der Waals surface area contributed by atoms with Crippen LogP contribution in [0.2, 0.25) is 0 Å². The van der Waals surface area contributed by atoms with Crippen molar-refractivity contribution in [2.24, 2.45) is 5.92 Å². The smallest absolute Gasteiger partial charge is 0.160 e. The van der Waals surface area contributed by atoms with Gasteiger partial charge in [0.25, 0.3) is 0 Å². The number of nitrogens with two attached hydrogens (primary N) is 1. The lowest BCUT2D eigenvalue weighted by molar-refractivity contribution is -0.210. The minimum Gasteiger partial charge on any atom is -0.383 e. The van der Waals surface area contributed by atoms with Crippen LogP contribution in [-0.4, -0.2) is 36.5 Å². The Morgan fingerprint density at radius 2 is 2.03 bits per heavy atom. The first-order chi connectivity index (χ1) is 15.4. The van der Waals surface area contributed by atoms with E-state index in [-0.39, 0.29) is 12.1 Å². The van der Waals surface area contributed by atoms with Crippen molar-refractivity contribution in [1.82, 2.24) is 19.5 Å². The second kappa shape index (κ2) is 8.00. The number of aliphatic hydroxyl groups is 1. The van der Waals surface area contributed by atoms with E-state index < -0.39 is 5.79 Å². The summed E-state index contributed by atoms with van der Waals surface area (Å²) in [6.45, 7) is 3.34. The molecule has 5 rings (SSSR count). The highest BCUT2D eigenvalue weighted by molar-refractivity contribution is 5.86. The van der Waals surface area contributed by atoms with Gasteiger partial charge in [-0.15, -0.1) is 0 Å². The number of rotatable bonds is 5. The number of anilines is 1. The van der Waals surface area contributed by atoms with Crippen LogP contribution in [-0.2, 0) is 4.74 Å². The number of benzene rings is 1. The van der Waals surface area contributed by atoms with E-state index in [2.05, 4.69) is 55.9 Å². The number of pyridine rings is 1. The van der Waals surface area contributed by atoms with Crippen molar-refractivity contribution < 1.29 is 9.84 Å². The van der Waals surface area contributed by atoms with Gasteiger partial charge in [-0.2, -0.15) is 0 Å². The number of nitrogen functional groups attached to an aromatic ring is 1. The van der Waals surface area contributed by atoms with Crippen LogP contribution in [0.15, 0.2) is 61.2 Å². The quantitative estimate of drug-likeness (QED) is 0.458. The highest BCUT2D eigenvalue weighted by Crippen LogP contribution is 2.41. The number of aromatic nitrogens is 4. The van der Waals surface area contributed by atoms with Crippen molar-refractivity contribution in [2.75, 3.05) is 5.73 Å².